The van der Waals surface area contributed by atoms with Gasteiger partial charge >= 0.3 is 0 Å². The predicted molar refractivity (Wildman–Crippen MR) is 120 cm³/mol. The van der Waals surface area contributed by atoms with Gasteiger partial charge in [-0.1, -0.05) is 91.3 Å². The molecular weight excluding hydrogens is 358 g/mol. The van der Waals surface area contributed by atoms with Crippen molar-refractivity contribution in [1.82, 2.24) is 0 Å². The third-order valence-electron chi connectivity index (χ3n) is 4.65. The molecule has 0 saturated carbocycles. The monoisotopic (exact) mass is 383 g/mol. The van der Waals surface area contributed by atoms with Crippen molar-refractivity contribution in [2.45, 2.75) is 19.8 Å². The molecule has 0 radical (unpaired) electrons. The summed E-state index contributed by atoms with van der Waals surface area (Å²) in [5.74, 6) is 0.769. The molecule has 146 valence electrons. The lowest BCUT2D eigenvalue weighted by molar-refractivity contribution is 0.328. The maximum atomic E-state index is 8.36. The third kappa shape index (κ3) is 5.50. The maximum Gasteiger partial charge on any atom is 0.119 e. The van der Waals surface area contributed by atoms with Gasteiger partial charge in [0.25, 0.3) is 0 Å². The van der Waals surface area contributed by atoms with Gasteiger partial charge in [-0.25, -0.2) is 0 Å². The Labute approximate surface area is 172 Å². The smallest absolute Gasteiger partial charge is 0.119 e. The average Bonchev–Trinajstić information content (AvgIpc) is 2.79. The van der Waals surface area contributed by atoms with E-state index in [1.807, 2.05) is 18.2 Å². The zero-order valence-electron chi connectivity index (χ0n) is 16.7. The van der Waals surface area contributed by atoms with Gasteiger partial charge in [0.05, 0.1) is 13.2 Å². The van der Waals surface area contributed by atoms with Crippen LogP contribution < -0.4 is 4.74 Å². The molecule has 0 spiro atoms. The lowest BCUT2D eigenvalue weighted by Gasteiger charge is -2.17. The SMILES string of the molecule is CCC/C(=C(\c1ccccc1)c1ccc(OCCN=[N+]=[N-])cc1)c1ccccc1. The number of benzene rings is 3. The van der Waals surface area contributed by atoms with E-state index in [-0.39, 0.29) is 0 Å². The summed E-state index contributed by atoms with van der Waals surface area (Å²) in [6.07, 6.45) is 2.07. The van der Waals surface area contributed by atoms with Crippen molar-refractivity contribution < 1.29 is 4.74 Å². The molecule has 0 N–H and O–H groups in total. The normalized spacial score (nSPS) is 11.3. The molecule has 0 bridgehead atoms. The van der Waals surface area contributed by atoms with Gasteiger partial charge in [0.15, 0.2) is 0 Å². The molecular formula is C25H25N3O. The molecule has 4 nitrogen and oxygen atoms in total. The molecule has 0 amide bonds. The Balaban J connectivity index is 2.03. The van der Waals surface area contributed by atoms with Gasteiger partial charge in [0.1, 0.15) is 5.75 Å². The van der Waals surface area contributed by atoms with Crippen molar-refractivity contribution >= 4 is 11.1 Å². The maximum absolute atomic E-state index is 8.36. The van der Waals surface area contributed by atoms with E-state index in [1.54, 1.807) is 0 Å². The van der Waals surface area contributed by atoms with E-state index < -0.39 is 0 Å². The van der Waals surface area contributed by atoms with Crippen LogP contribution in [0.4, 0.5) is 0 Å². The summed E-state index contributed by atoms with van der Waals surface area (Å²) in [6, 6.07) is 29.3. The van der Waals surface area contributed by atoms with Crippen molar-refractivity contribution in [3.05, 3.63) is 112 Å². The van der Waals surface area contributed by atoms with Crippen LogP contribution in [0, 0.1) is 0 Å². The summed E-state index contributed by atoms with van der Waals surface area (Å²) in [6.45, 7) is 2.91. The van der Waals surface area contributed by atoms with Crippen molar-refractivity contribution in [2.75, 3.05) is 13.2 Å². The van der Waals surface area contributed by atoms with E-state index in [0.717, 1.165) is 24.2 Å². The number of rotatable bonds is 9. The Morgan fingerprint density at radius 2 is 1.41 bits per heavy atom. The van der Waals surface area contributed by atoms with Crippen LogP contribution in [0.1, 0.15) is 36.5 Å². The summed E-state index contributed by atoms with van der Waals surface area (Å²) in [5.41, 5.74) is 14.6. The first-order chi connectivity index (χ1) is 14.3. The minimum atomic E-state index is 0.322. The predicted octanol–water partition coefficient (Wildman–Crippen LogP) is 7.13. The summed E-state index contributed by atoms with van der Waals surface area (Å²) >= 11 is 0. The van der Waals surface area contributed by atoms with Gasteiger partial charge in [-0.2, -0.15) is 0 Å². The van der Waals surface area contributed by atoms with Crippen molar-refractivity contribution in [3.8, 4) is 5.75 Å². The Bertz CT molecular complexity index is 974. The molecule has 0 fully saturated rings. The molecule has 0 aliphatic rings. The van der Waals surface area contributed by atoms with Crippen molar-refractivity contribution in [2.24, 2.45) is 5.11 Å². The van der Waals surface area contributed by atoms with E-state index in [9.17, 15) is 0 Å². The van der Waals surface area contributed by atoms with Crippen LogP contribution in [0.5, 0.6) is 5.75 Å². The molecule has 0 heterocycles. The number of hydrogen-bond donors (Lipinski definition) is 0. The van der Waals surface area contributed by atoms with Crippen LogP contribution in [0.25, 0.3) is 21.6 Å². The second-order valence-electron chi connectivity index (χ2n) is 6.66. The Morgan fingerprint density at radius 1 is 0.828 bits per heavy atom. The number of nitrogens with zero attached hydrogens (tertiary/aromatic N) is 3. The van der Waals surface area contributed by atoms with E-state index >= 15 is 0 Å². The van der Waals surface area contributed by atoms with Gasteiger partial charge in [-0.15, -0.1) is 0 Å². The van der Waals surface area contributed by atoms with Crippen LogP contribution in [0.2, 0.25) is 0 Å². The highest BCUT2D eigenvalue weighted by molar-refractivity contribution is 5.98. The molecule has 3 rings (SSSR count). The zero-order chi connectivity index (χ0) is 20.3. The minimum absolute atomic E-state index is 0.322. The molecule has 4 heteroatoms. The Morgan fingerprint density at radius 3 is 2.00 bits per heavy atom. The van der Waals surface area contributed by atoms with Gasteiger partial charge in [-0.3, -0.25) is 0 Å². The second kappa shape index (κ2) is 10.7. The molecule has 3 aromatic rings. The lowest BCUT2D eigenvalue weighted by Crippen LogP contribution is -2.00. The standard InChI is InChI=1S/C25H25N3O/c1-2-9-24(20-10-5-3-6-11-20)25(21-12-7-4-8-13-21)22-14-16-23(17-15-22)29-19-18-27-28-26/h3-8,10-17H,2,9,18-19H2,1H3/b25-24-. The van der Waals surface area contributed by atoms with Crippen molar-refractivity contribution in [1.29, 1.82) is 0 Å². The first-order valence-corrected chi connectivity index (χ1v) is 9.91. The summed E-state index contributed by atoms with van der Waals surface area (Å²) in [4.78, 5) is 2.74. The third-order valence-corrected chi connectivity index (χ3v) is 4.65. The minimum Gasteiger partial charge on any atom is -0.493 e. The molecule has 29 heavy (non-hydrogen) atoms. The number of allylic oxidation sites excluding steroid dienone is 1. The first kappa shape index (κ1) is 20.2. The topological polar surface area (TPSA) is 58.0 Å². The number of hydrogen-bond acceptors (Lipinski definition) is 2. The second-order valence-corrected chi connectivity index (χ2v) is 6.66. The fraction of sp³-hybridized carbons (Fsp3) is 0.200. The van der Waals surface area contributed by atoms with Crippen molar-refractivity contribution in [3.63, 3.8) is 0 Å². The van der Waals surface area contributed by atoms with Crippen LogP contribution in [0.3, 0.4) is 0 Å². The molecule has 0 aromatic heterocycles. The average molecular weight is 383 g/mol. The summed E-state index contributed by atoms with van der Waals surface area (Å²) in [7, 11) is 0. The van der Waals surface area contributed by atoms with E-state index in [0.29, 0.717) is 13.2 Å². The zero-order valence-corrected chi connectivity index (χ0v) is 16.7. The highest BCUT2D eigenvalue weighted by Gasteiger charge is 2.13. The first-order valence-electron chi connectivity index (χ1n) is 9.91. The molecule has 0 unspecified atom stereocenters. The van der Waals surface area contributed by atoms with Gasteiger partial charge in [0, 0.05) is 4.91 Å². The molecule has 0 aliphatic heterocycles. The largest absolute Gasteiger partial charge is 0.493 e. The molecule has 0 aliphatic carbocycles. The van der Waals surface area contributed by atoms with Crippen LogP contribution in [0.15, 0.2) is 90.0 Å². The van der Waals surface area contributed by atoms with Crippen LogP contribution >= 0.6 is 0 Å². The van der Waals surface area contributed by atoms with Crippen LogP contribution in [-0.4, -0.2) is 13.2 Å². The quantitative estimate of drug-likeness (QED) is 0.127. The summed E-state index contributed by atoms with van der Waals surface area (Å²) < 4.78 is 5.66. The number of azide groups is 1. The van der Waals surface area contributed by atoms with Gasteiger partial charge in [0.2, 0.25) is 0 Å². The van der Waals surface area contributed by atoms with E-state index in [4.69, 9.17) is 10.3 Å². The molecule has 3 aromatic carbocycles. The highest BCUT2D eigenvalue weighted by atomic mass is 16.5. The van der Waals surface area contributed by atoms with E-state index in [2.05, 4.69) is 83.7 Å². The number of ether oxygens (including phenoxy) is 1. The Hall–Kier alpha value is -3.49. The van der Waals surface area contributed by atoms with Gasteiger partial charge in [-0.05, 0) is 51.9 Å². The van der Waals surface area contributed by atoms with Gasteiger partial charge < -0.3 is 4.74 Å². The fourth-order valence-corrected chi connectivity index (χ4v) is 3.39. The Kier molecular flexibility index (Phi) is 7.50. The van der Waals surface area contributed by atoms with E-state index in [1.165, 1.54) is 22.3 Å². The summed E-state index contributed by atoms with van der Waals surface area (Å²) in [5, 5.41) is 3.50. The highest BCUT2D eigenvalue weighted by Crippen LogP contribution is 2.35. The molecule has 0 atom stereocenters. The molecule has 0 saturated heterocycles. The van der Waals surface area contributed by atoms with Crippen LogP contribution in [-0.2, 0) is 0 Å². The lowest BCUT2D eigenvalue weighted by atomic mass is 9.87. The fourth-order valence-electron chi connectivity index (χ4n) is 3.39.